The lowest BCUT2D eigenvalue weighted by atomic mass is 10.2. The highest BCUT2D eigenvalue weighted by Gasteiger charge is 2.23. The van der Waals surface area contributed by atoms with E-state index in [4.69, 9.17) is 10.2 Å². The minimum Gasteiger partial charge on any atom is -0.478 e. The first-order chi connectivity index (χ1) is 9.82. The highest BCUT2D eigenvalue weighted by Crippen LogP contribution is 2.39. The van der Waals surface area contributed by atoms with E-state index < -0.39 is 19.1 Å². The van der Waals surface area contributed by atoms with E-state index in [1.807, 2.05) is 0 Å². The van der Waals surface area contributed by atoms with Crippen LogP contribution in [0.1, 0.15) is 20.7 Å². The van der Waals surface area contributed by atoms with E-state index in [1.54, 1.807) is 12.1 Å². The molecule has 2 N–H and O–H groups in total. The molecule has 0 aromatic heterocycles. The summed E-state index contributed by atoms with van der Waals surface area (Å²) in [6, 6.07) is 11.8. The van der Waals surface area contributed by atoms with Gasteiger partial charge in [-0.15, -0.1) is 0 Å². The summed E-state index contributed by atoms with van der Waals surface area (Å²) in [5.74, 6) is -2.20. The summed E-state index contributed by atoms with van der Waals surface area (Å²) >= 11 is 0. The fourth-order valence-corrected chi connectivity index (χ4v) is 3.77. The molecule has 2 aromatic carbocycles. The highest BCUT2D eigenvalue weighted by atomic mass is 31.2. The van der Waals surface area contributed by atoms with E-state index in [9.17, 15) is 14.2 Å². The normalized spacial score (nSPS) is 11.1. The Kier molecular flexibility index (Phi) is 3.96. The second-order valence-corrected chi connectivity index (χ2v) is 7.52. The van der Waals surface area contributed by atoms with Crippen LogP contribution in [0.25, 0.3) is 0 Å². The van der Waals surface area contributed by atoms with E-state index in [2.05, 4.69) is 0 Å². The zero-order valence-electron chi connectivity index (χ0n) is 11.2. The summed E-state index contributed by atoms with van der Waals surface area (Å²) in [5.41, 5.74) is 0.0907. The van der Waals surface area contributed by atoms with E-state index >= 15 is 0 Å². The molecule has 0 bridgehead atoms. The van der Waals surface area contributed by atoms with Crippen LogP contribution in [0.4, 0.5) is 0 Å². The van der Waals surface area contributed by atoms with Crippen LogP contribution in [0.5, 0.6) is 0 Å². The van der Waals surface area contributed by atoms with E-state index in [-0.39, 0.29) is 11.1 Å². The van der Waals surface area contributed by atoms with Crippen molar-refractivity contribution in [3.8, 4) is 0 Å². The van der Waals surface area contributed by atoms with Gasteiger partial charge in [0, 0.05) is 10.6 Å². The van der Waals surface area contributed by atoms with Crippen molar-refractivity contribution in [1.29, 1.82) is 0 Å². The van der Waals surface area contributed by atoms with Crippen LogP contribution in [0.2, 0.25) is 0 Å². The van der Waals surface area contributed by atoms with Gasteiger partial charge in [-0.1, -0.05) is 24.3 Å². The van der Waals surface area contributed by atoms with Gasteiger partial charge >= 0.3 is 11.9 Å². The average Bonchev–Trinajstić information content (AvgIpc) is 2.47. The summed E-state index contributed by atoms with van der Waals surface area (Å²) < 4.78 is 13.0. The topological polar surface area (TPSA) is 91.7 Å². The van der Waals surface area contributed by atoms with Gasteiger partial charge in [0.15, 0.2) is 0 Å². The Morgan fingerprint density at radius 1 is 0.857 bits per heavy atom. The van der Waals surface area contributed by atoms with Crippen molar-refractivity contribution in [2.24, 2.45) is 0 Å². The number of carboxylic acid groups (broad SMARTS) is 2. The van der Waals surface area contributed by atoms with Gasteiger partial charge in [-0.2, -0.15) is 0 Å². The molecule has 0 amide bonds. The fraction of sp³-hybridized carbons (Fsp3) is 0.0667. The van der Waals surface area contributed by atoms with Gasteiger partial charge in [0.25, 0.3) is 0 Å². The molecule has 0 heterocycles. The van der Waals surface area contributed by atoms with Gasteiger partial charge in [0.05, 0.1) is 11.1 Å². The first kappa shape index (κ1) is 15.0. The second kappa shape index (κ2) is 5.54. The van der Waals surface area contributed by atoms with Gasteiger partial charge < -0.3 is 14.8 Å². The Bertz CT molecular complexity index is 705. The number of carboxylic acids is 2. The van der Waals surface area contributed by atoms with Crippen molar-refractivity contribution in [2.45, 2.75) is 0 Å². The van der Waals surface area contributed by atoms with Crippen LogP contribution in [0, 0.1) is 0 Å². The molecule has 0 atom stereocenters. The van der Waals surface area contributed by atoms with Crippen molar-refractivity contribution in [2.75, 3.05) is 6.66 Å². The zero-order chi connectivity index (χ0) is 15.6. The van der Waals surface area contributed by atoms with Crippen LogP contribution < -0.4 is 10.6 Å². The maximum absolute atomic E-state index is 13.0. The van der Waals surface area contributed by atoms with Crippen molar-refractivity contribution >= 4 is 29.7 Å². The highest BCUT2D eigenvalue weighted by molar-refractivity contribution is 7.78. The van der Waals surface area contributed by atoms with Crippen LogP contribution in [0.3, 0.4) is 0 Å². The summed E-state index contributed by atoms with van der Waals surface area (Å²) in [6.45, 7) is 1.49. The molecule has 2 rings (SSSR count). The zero-order valence-corrected chi connectivity index (χ0v) is 12.1. The molecule has 21 heavy (non-hydrogen) atoms. The van der Waals surface area contributed by atoms with Crippen molar-refractivity contribution in [1.82, 2.24) is 0 Å². The van der Waals surface area contributed by atoms with Crippen molar-refractivity contribution in [3.05, 3.63) is 59.7 Å². The van der Waals surface area contributed by atoms with Crippen molar-refractivity contribution < 1.29 is 24.4 Å². The number of rotatable bonds is 4. The molecule has 2 aromatic rings. The monoisotopic (exact) mass is 304 g/mol. The Hall–Kier alpha value is -2.39. The summed E-state index contributed by atoms with van der Waals surface area (Å²) in [6.07, 6.45) is 0. The molecule has 0 aliphatic carbocycles. The Balaban J connectivity index is 2.54. The van der Waals surface area contributed by atoms with Gasteiger partial charge in [0.2, 0.25) is 0 Å². The molecule has 6 heteroatoms. The maximum Gasteiger partial charge on any atom is 0.335 e. The molecule has 0 fully saturated rings. The van der Waals surface area contributed by atoms with Gasteiger partial charge in [-0.3, -0.25) is 0 Å². The van der Waals surface area contributed by atoms with Crippen LogP contribution in [-0.4, -0.2) is 28.8 Å². The third-order valence-electron chi connectivity index (χ3n) is 3.17. The van der Waals surface area contributed by atoms with E-state index in [1.165, 1.54) is 43.1 Å². The quantitative estimate of drug-likeness (QED) is 0.843. The number of hydrogen-bond donors (Lipinski definition) is 2. The molecule has 0 spiro atoms. The summed E-state index contributed by atoms with van der Waals surface area (Å²) in [5, 5.41) is 18.7. The third-order valence-corrected chi connectivity index (χ3v) is 5.70. The van der Waals surface area contributed by atoms with Gasteiger partial charge in [0.1, 0.15) is 7.14 Å². The average molecular weight is 304 g/mol. The lowest BCUT2D eigenvalue weighted by molar-refractivity contribution is 0.0686. The molecule has 0 radical (unpaired) electrons. The summed E-state index contributed by atoms with van der Waals surface area (Å²) in [4.78, 5) is 22.0. The maximum atomic E-state index is 13.0. The predicted molar refractivity (Wildman–Crippen MR) is 79.6 cm³/mol. The van der Waals surface area contributed by atoms with Crippen LogP contribution in [-0.2, 0) is 4.57 Å². The Morgan fingerprint density at radius 3 is 1.57 bits per heavy atom. The molecule has 0 unspecified atom stereocenters. The van der Waals surface area contributed by atoms with Gasteiger partial charge in [-0.25, -0.2) is 9.59 Å². The minimum atomic E-state index is -3.06. The Labute approximate surface area is 121 Å². The third kappa shape index (κ3) is 3.03. The molecular weight excluding hydrogens is 291 g/mol. The van der Waals surface area contributed by atoms with Gasteiger partial charge in [-0.05, 0) is 30.9 Å². The van der Waals surface area contributed by atoms with E-state index in [0.29, 0.717) is 10.6 Å². The molecule has 0 aliphatic heterocycles. The number of hydrogen-bond acceptors (Lipinski definition) is 3. The molecular formula is C15H13O5P. The van der Waals surface area contributed by atoms with Crippen molar-refractivity contribution in [3.63, 3.8) is 0 Å². The minimum absolute atomic E-state index is 0.0453. The number of benzene rings is 2. The number of carbonyl (C=O) groups is 2. The summed E-state index contributed by atoms with van der Waals surface area (Å²) in [7, 11) is -3.06. The predicted octanol–water partition coefficient (Wildman–Crippen LogP) is 2.03. The largest absolute Gasteiger partial charge is 0.478 e. The molecule has 0 saturated heterocycles. The first-order valence-electron chi connectivity index (χ1n) is 6.08. The molecule has 0 saturated carbocycles. The number of aromatic carboxylic acids is 2. The fourth-order valence-electron chi connectivity index (χ4n) is 1.96. The second-order valence-electron chi connectivity index (χ2n) is 4.64. The van der Waals surface area contributed by atoms with Crippen LogP contribution in [0.15, 0.2) is 48.5 Å². The molecule has 0 aliphatic rings. The smallest absolute Gasteiger partial charge is 0.335 e. The molecule has 108 valence electrons. The standard InChI is InChI=1S/C15H13O5P/c1-21(20,12-6-2-4-10(8-12)14(16)17)13-7-3-5-11(9-13)15(18)19/h2-9H,1H3,(H,16,17)(H,18,19). The first-order valence-corrected chi connectivity index (χ1v) is 8.23. The Morgan fingerprint density at radius 2 is 1.24 bits per heavy atom. The van der Waals surface area contributed by atoms with E-state index in [0.717, 1.165) is 0 Å². The lowest BCUT2D eigenvalue weighted by Crippen LogP contribution is -2.17. The lowest BCUT2D eigenvalue weighted by Gasteiger charge is -2.15. The molecule has 5 nitrogen and oxygen atoms in total. The SMILES string of the molecule is CP(=O)(c1cccc(C(=O)O)c1)c1cccc(C(=O)O)c1. The van der Waals surface area contributed by atoms with Crippen LogP contribution >= 0.6 is 7.14 Å².